The van der Waals surface area contributed by atoms with Crippen molar-refractivity contribution in [3.63, 3.8) is 0 Å². The molecule has 0 saturated carbocycles. The van der Waals surface area contributed by atoms with E-state index in [4.69, 9.17) is 16.1 Å². The van der Waals surface area contributed by atoms with E-state index in [0.29, 0.717) is 10.7 Å². The van der Waals surface area contributed by atoms with Crippen molar-refractivity contribution in [1.82, 2.24) is 10.4 Å². The van der Waals surface area contributed by atoms with Gasteiger partial charge in [0.2, 0.25) is 15.7 Å². The average molecular weight is 365 g/mol. The van der Waals surface area contributed by atoms with Crippen molar-refractivity contribution >= 4 is 21.6 Å². The second kappa shape index (κ2) is 6.21. The molecule has 0 fully saturated rings. The van der Waals surface area contributed by atoms with E-state index in [1.54, 1.807) is 37.3 Å². The van der Waals surface area contributed by atoms with E-state index in [0.717, 1.165) is 15.9 Å². The smallest absolute Gasteiger partial charge is 0.261 e. The first kappa shape index (κ1) is 16.4. The fraction of sp³-hybridized carbons (Fsp3) is 0.133. The highest BCUT2D eigenvalue weighted by Crippen LogP contribution is 2.17. The lowest BCUT2D eigenvalue weighted by atomic mass is 10.2. The van der Waals surface area contributed by atoms with Crippen molar-refractivity contribution in [3.05, 3.63) is 64.3 Å². The minimum atomic E-state index is -3.93. The molecule has 0 aliphatic carbocycles. The molecule has 3 rings (SSSR count). The molecule has 9 heteroatoms. The van der Waals surface area contributed by atoms with Crippen LogP contribution in [-0.2, 0) is 10.0 Å². The molecular formula is C15H13ClN4O3S. The largest absolute Gasteiger partial charge is 0.360 e. The van der Waals surface area contributed by atoms with Crippen molar-refractivity contribution in [2.75, 3.05) is 0 Å². The van der Waals surface area contributed by atoms with Crippen LogP contribution in [0, 0.1) is 13.8 Å². The Morgan fingerprint density at radius 1 is 1.17 bits per heavy atom. The summed E-state index contributed by atoms with van der Waals surface area (Å²) in [5.74, 6) is 0. The predicted octanol–water partition coefficient (Wildman–Crippen LogP) is 1.47. The Bertz CT molecular complexity index is 1050. The predicted molar refractivity (Wildman–Crippen MR) is 85.0 cm³/mol. The van der Waals surface area contributed by atoms with Crippen LogP contribution in [0.3, 0.4) is 0 Å². The Labute approximate surface area is 143 Å². The van der Waals surface area contributed by atoms with Crippen LogP contribution in [0.15, 0.2) is 56.3 Å². The lowest BCUT2D eigenvalue weighted by Gasteiger charge is -2.00. The fourth-order valence-corrected chi connectivity index (χ4v) is 3.03. The van der Waals surface area contributed by atoms with Gasteiger partial charge in [0.1, 0.15) is 0 Å². The number of sulfonamides is 1. The second-order valence-electron chi connectivity index (χ2n) is 5.11. The molecule has 0 aliphatic heterocycles. The molecule has 0 N–H and O–H groups in total. The lowest BCUT2D eigenvalue weighted by molar-refractivity contribution is -0.730. The Kier molecular flexibility index (Phi) is 4.25. The summed E-state index contributed by atoms with van der Waals surface area (Å²) in [6.07, 6.45) is 0. The normalized spacial score (nSPS) is 12.5. The number of hydrogen-bond acceptors (Lipinski definition) is 4. The Hall–Kier alpha value is -2.45. The van der Waals surface area contributed by atoms with E-state index in [-0.39, 0.29) is 10.6 Å². The zero-order valence-electron chi connectivity index (χ0n) is 12.8. The van der Waals surface area contributed by atoms with Gasteiger partial charge in [-0.1, -0.05) is 40.5 Å². The van der Waals surface area contributed by atoms with E-state index in [1.165, 1.54) is 12.1 Å². The highest BCUT2D eigenvalue weighted by molar-refractivity contribution is 7.90. The zero-order valence-corrected chi connectivity index (χ0v) is 14.4. The number of benzene rings is 2. The molecule has 24 heavy (non-hydrogen) atoms. The first-order valence-electron chi connectivity index (χ1n) is 6.93. The van der Waals surface area contributed by atoms with E-state index < -0.39 is 10.0 Å². The third-order valence-corrected chi connectivity index (χ3v) is 5.03. The Balaban J connectivity index is 2.02. The molecule has 124 valence electrons. The van der Waals surface area contributed by atoms with Crippen LogP contribution >= 0.6 is 11.6 Å². The van der Waals surface area contributed by atoms with Crippen molar-refractivity contribution in [2.45, 2.75) is 18.7 Å². The van der Waals surface area contributed by atoms with Crippen molar-refractivity contribution in [2.24, 2.45) is 4.40 Å². The molecule has 7 nitrogen and oxygen atoms in total. The van der Waals surface area contributed by atoms with Crippen LogP contribution in [0.4, 0.5) is 0 Å². The number of aryl methyl sites for hydroxylation is 1. The number of nitrogens with zero attached hydrogens (tertiary/aromatic N) is 4. The molecule has 0 atom stereocenters. The zero-order chi connectivity index (χ0) is 17.3. The van der Waals surface area contributed by atoms with Gasteiger partial charge in [-0.25, -0.2) is 12.8 Å². The third-order valence-electron chi connectivity index (χ3n) is 3.35. The van der Waals surface area contributed by atoms with Crippen LogP contribution in [-0.4, -0.2) is 13.7 Å². The van der Waals surface area contributed by atoms with Crippen molar-refractivity contribution in [1.29, 1.82) is 0 Å². The third kappa shape index (κ3) is 3.24. The highest BCUT2D eigenvalue weighted by Gasteiger charge is 2.14. The molecule has 0 unspecified atom stereocenters. The topological polar surface area (TPSA) is 90.5 Å². The summed E-state index contributed by atoms with van der Waals surface area (Å²) in [6.45, 7) is 3.66. The summed E-state index contributed by atoms with van der Waals surface area (Å²) in [7, 11) is -3.93. The monoisotopic (exact) mass is 364 g/mol. The Morgan fingerprint density at radius 2 is 1.88 bits per heavy atom. The maximum absolute atomic E-state index is 12.3. The standard InChI is InChI=1S/C15H13ClN4O3S/c1-10-6-8-12(9-7-10)24(21,22)18-15-17-20(19-23-15)14-5-3-4-13(16)11(14)2/h3-9H,1-2H3/b18-15-. The van der Waals surface area contributed by atoms with Crippen molar-refractivity contribution in [3.8, 4) is 5.69 Å². The van der Waals surface area contributed by atoms with Crippen molar-refractivity contribution < 1.29 is 17.7 Å². The second-order valence-corrected chi connectivity index (χ2v) is 7.12. The van der Waals surface area contributed by atoms with E-state index in [9.17, 15) is 8.42 Å². The van der Waals surface area contributed by atoms with Gasteiger partial charge in [0.25, 0.3) is 5.68 Å². The van der Waals surface area contributed by atoms with Gasteiger partial charge in [0.05, 0.1) is 15.2 Å². The summed E-state index contributed by atoms with van der Waals surface area (Å²) in [5, 5.41) is 8.18. The molecule has 1 aromatic heterocycles. The van der Waals surface area contributed by atoms with Crippen LogP contribution in [0.25, 0.3) is 5.69 Å². The fourth-order valence-electron chi connectivity index (χ4n) is 2.00. The molecule has 0 saturated heterocycles. The number of hydrogen-bond donors (Lipinski definition) is 0. The summed E-state index contributed by atoms with van der Waals surface area (Å²) in [6, 6.07) is 11.5. The van der Waals surface area contributed by atoms with Gasteiger partial charge >= 0.3 is 0 Å². The summed E-state index contributed by atoms with van der Waals surface area (Å²) < 4.78 is 33.0. The minimum absolute atomic E-state index is 0.0526. The first-order chi connectivity index (χ1) is 11.4. The SMILES string of the molecule is Cc1ccc(S(=O)(=O)/N=c2/[n-][n+](-c3cccc(Cl)c3C)no2)cc1. The van der Waals surface area contributed by atoms with Gasteiger partial charge in [-0.3, -0.25) is 0 Å². The number of halogens is 1. The number of aromatic nitrogens is 3. The average Bonchev–Trinajstić information content (AvgIpc) is 2.98. The highest BCUT2D eigenvalue weighted by atomic mass is 35.5. The minimum Gasteiger partial charge on any atom is -0.360 e. The summed E-state index contributed by atoms with van der Waals surface area (Å²) in [5.41, 5.74) is 1.88. The maximum atomic E-state index is 12.3. The molecule has 2 aromatic carbocycles. The van der Waals surface area contributed by atoms with Crippen LogP contribution < -0.4 is 15.6 Å². The lowest BCUT2D eigenvalue weighted by Crippen LogP contribution is -2.41. The molecule has 0 aliphatic rings. The molecule has 0 amide bonds. The molecular weight excluding hydrogens is 352 g/mol. The molecule has 0 spiro atoms. The van der Waals surface area contributed by atoms with Crippen LogP contribution in [0.5, 0.6) is 0 Å². The van der Waals surface area contributed by atoms with Gasteiger partial charge < -0.3 is 4.52 Å². The van der Waals surface area contributed by atoms with Gasteiger partial charge in [-0.2, -0.15) is 0 Å². The van der Waals surface area contributed by atoms with Gasteiger partial charge in [0, 0.05) is 11.6 Å². The number of rotatable bonds is 3. The van der Waals surface area contributed by atoms with Gasteiger partial charge in [0.15, 0.2) is 0 Å². The van der Waals surface area contributed by atoms with Crippen LogP contribution in [0.1, 0.15) is 11.1 Å². The molecule has 1 heterocycles. The maximum Gasteiger partial charge on any atom is 0.261 e. The van der Waals surface area contributed by atoms with Crippen LogP contribution in [0.2, 0.25) is 5.02 Å². The van der Waals surface area contributed by atoms with Gasteiger partial charge in [-0.05, 0) is 36.8 Å². The van der Waals surface area contributed by atoms with Gasteiger partial charge in [-0.15, -0.1) is 0 Å². The quantitative estimate of drug-likeness (QED) is 0.656. The summed E-state index contributed by atoms with van der Waals surface area (Å²) in [4.78, 5) is 1.20. The Morgan fingerprint density at radius 3 is 2.58 bits per heavy atom. The molecule has 3 aromatic rings. The van der Waals surface area contributed by atoms with E-state index in [2.05, 4.69) is 14.8 Å². The summed E-state index contributed by atoms with van der Waals surface area (Å²) >= 11 is 6.05. The first-order valence-corrected chi connectivity index (χ1v) is 8.75. The van der Waals surface area contributed by atoms with E-state index in [1.807, 2.05) is 6.92 Å². The molecule has 0 radical (unpaired) electrons. The molecule has 0 bridgehead atoms. The van der Waals surface area contributed by atoms with E-state index >= 15 is 0 Å².